The Hall–Kier alpha value is -2.82. The van der Waals surface area contributed by atoms with Crippen LogP contribution < -0.4 is 0 Å². The quantitative estimate of drug-likeness (QED) is 0.572. The first-order chi connectivity index (χ1) is 13.9. The molecule has 0 unspecified atom stereocenters. The number of piperazine rings is 1. The number of rotatable bonds is 4. The van der Waals surface area contributed by atoms with Gasteiger partial charge in [-0.05, 0) is 42.7 Å². The molecule has 0 saturated carbocycles. The summed E-state index contributed by atoms with van der Waals surface area (Å²) in [7, 11) is 1.81. The molecule has 1 aromatic carbocycles. The maximum Gasteiger partial charge on any atom is 0.149 e. The molecule has 1 aromatic rings. The van der Waals surface area contributed by atoms with Crippen LogP contribution >= 0.6 is 0 Å². The van der Waals surface area contributed by atoms with Crippen LogP contribution in [0.25, 0.3) is 0 Å². The Bertz CT molecular complexity index is 849. The fourth-order valence-corrected chi connectivity index (χ4v) is 3.93. The predicted octanol–water partition coefficient (Wildman–Crippen LogP) is 4.11. The fourth-order valence-electron chi connectivity index (χ4n) is 3.93. The van der Waals surface area contributed by atoms with Gasteiger partial charge in [0.05, 0.1) is 5.70 Å². The van der Waals surface area contributed by atoms with Gasteiger partial charge in [0.1, 0.15) is 11.7 Å². The summed E-state index contributed by atoms with van der Waals surface area (Å²) in [5, 5.41) is 6.67. The van der Waals surface area contributed by atoms with Gasteiger partial charge in [-0.3, -0.25) is 4.99 Å². The molecular formula is C24H33N5. The number of aryl methyl sites for hydroxylation is 2. The number of allylic oxidation sites excluding steroid dienone is 2. The summed E-state index contributed by atoms with van der Waals surface area (Å²) in [4.78, 5) is 9.10. The van der Waals surface area contributed by atoms with E-state index in [4.69, 9.17) is 5.10 Å². The van der Waals surface area contributed by atoms with Crippen molar-refractivity contribution in [2.24, 2.45) is 10.1 Å². The highest BCUT2D eigenvalue weighted by Gasteiger charge is 2.23. The Morgan fingerprint density at radius 3 is 2.34 bits per heavy atom. The van der Waals surface area contributed by atoms with Crippen LogP contribution in [0.4, 0.5) is 0 Å². The van der Waals surface area contributed by atoms with Crippen molar-refractivity contribution < 1.29 is 0 Å². The zero-order chi connectivity index (χ0) is 21.0. The largest absolute Gasteiger partial charge is 0.371 e. The van der Waals surface area contributed by atoms with Crippen LogP contribution in [-0.4, -0.2) is 59.7 Å². The second kappa shape index (κ2) is 9.12. The molecule has 0 radical (unpaired) electrons. The van der Waals surface area contributed by atoms with Gasteiger partial charge in [0.25, 0.3) is 0 Å². The standard InChI is InChI=1S/C24H33N5/c1-7-23(25-6)29-20(4)11-12-24(26-29)28-15-13-27(14-16-28)21(5)17-22-18(2)9-8-10-19(22)3/h8-12H,4-5,7,13-17H2,1-3,6H3/b25-23-. The van der Waals surface area contributed by atoms with Gasteiger partial charge in [0.15, 0.2) is 0 Å². The molecule has 3 rings (SSSR count). The van der Waals surface area contributed by atoms with Gasteiger partial charge in [0, 0.05) is 51.8 Å². The Balaban J connectivity index is 1.63. The van der Waals surface area contributed by atoms with Crippen LogP contribution in [0, 0.1) is 13.8 Å². The molecule has 2 aliphatic rings. The molecule has 0 atom stereocenters. The van der Waals surface area contributed by atoms with Gasteiger partial charge in [0.2, 0.25) is 0 Å². The minimum atomic E-state index is 0.825. The molecule has 0 N–H and O–H groups in total. The third-order valence-electron chi connectivity index (χ3n) is 5.79. The maximum atomic E-state index is 4.81. The molecule has 2 heterocycles. The van der Waals surface area contributed by atoms with Crippen molar-refractivity contribution in [3.63, 3.8) is 0 Å². The zero-order valence-electron chi connectivity index (χ0n) is 18.3. The van der Waals surface area contributed by atoms with E-state index in [1.807, 2.05) is 11.1 Å². The number of amidine groups is 2. The monoisotopic (exact) mass is 391 g/mol. The van der Waals surface area contributed by atoms with E-state index in [0.29, 0.717) is 0 Å². The van der Waals surface area contributed by atoms with Crippen molar-refractivity contribution in [3.8, 4) is 0 Å². The molecule has 0 amide bonds. The lowest BCUT2D eigenvalue weighted by Crippen LogP contribution is -2.49. The summed E-state index contributed by atoms with van der Waals surface area (Å²) in [5.74, 6) is 1.91. The lowest BCUT2D eigenvalue weighted by atomic mass is 9.98. The minimum absolute atomic E-state index is 0.825. The van der Waals surface area contributed by atoms with Crippen LogP contribution in [0.15, 0.2) is 65.0 Å². The molecule has 5 nitrogen and oxygen atoms in total. The molecule has 2 aliphatic heterocycles. The summed E-state index contributed by atoms with van der Waals surface area (Å²) >= 11 is 0. The molecule has 1 saturated heterocycles. The van der Waals surface area contributed by atoms with E-state index < -0.39 is 0 Å². The Labute approximate surface area is 175 Å². The molecule has 0 spiro atoms. The number of hydrogen-bond donors (Lipinski definition) is 0. The summed E-state index contributed by atoms with van der Waals surface area (Å²) in [6.45, 7) is 18.7. The minimum Gasteiger partial charge on any atom is -0.371 e. The molecule has 0 bridgehead atoms. The van der Waals surface area contributed by atoms with E-state index in [2.05, 4.69) is 73.0 Å². The molecule has 154 valence electrons. The highest BCUT2D eigenvalue weighted by molar-refractivity contribution is 5.96. The van der Waals surface area contributed by atoms with Crippen LogP contribution in [0.1, 0.15) is 30.0 Å². The highest BCUT2D eigenvalue weighted by atomic mass is 15.5. The van der Waals surface area contributed by atoms with Crippen molar-refractivity contribution in [1.82, 2.24) is 14.8 Å². The van der Waals surface area contributed by atoms with Crippen molar-refractivity contribution >= 4 is 11.7 Å². The van der Waals surface area contributed by atoms with E-state index in [0.717, 1.165) is 56.4 Å². The van der Waals surface area contributed by atoms with Gasteiger partial charge in [-0.1, -0.05) is 38.3 Å². The first-order valence-electron chi connectivity index (χ1n) is 10.4. The van der Waals surface area contributed by atoms with Crippen LogP contribution in [0.3, 0.4) is 0 Å². The first-order valence-corrected chi connectivity index (χ1v) is 10.4. The van der Waals surface area contributed by atoms with E-state index in [1.165, 1.54) is 22.4 Å². The van der Waals surface area contributed by atoms with Crippen molar-refractivity contribution in [1.29, 1.82) is 0 Å². The van der Waals surface area contributed by atoms with E-state index >= 15 is 0 Å². The summed E-state index contributed by atoms with van der Waals surface area (Å²) < 4.78 is 0. The summed E-state index contributed by atoms with van der Waals surface area (Å²) in [5.41, 5.74) is 6.15. The normalized spacial score (nSPS) is 17.7. The van der Waals surface area contributed by atoms with Crippen LogP contribution in [-0.2, 0) is 6.42 Å². The molecule has 1 fully saturated rings. The summed E-state index contributed by atoms with van der Waals surface area (Å²) in [6, 6.07) is 6.50. The molecule has 0 aliphatic carbocycles. The van der Waals surface area contributed by atoms with Gasteiger partial charge >= 0.3 is 0 Å². The van der Waals surface area contributed by atoms with Gasteiger partial charge < -0.3 is 9.80 Å². The SMILES string of the molecule is C=C(Cc1c(C)cccc1C)N1CCN(C2=NN(/C(CC)=N\C)C(=C)C=C2)CC1. The smallest absolute Gasteiger partial charge is 0.149 e. The third-order valence-corrected chi connectivity index (χ3v) is 5.79. The highest BCUT2D eigenvalue weighted by Crippen LogP contribution is 2.21. The number of benzene rings is 1. The fraction of sp³-hybridized carbons (Fsp3) is 0.417. The second-order valence-electron chi connectivity index (χ2n) is 7.68. The van der Waals surface area contributed by atoms with Crippen molar-refractivity contribution in [2.45, 2.75) is 33.6 Å². The second-order valence-corrected chi connectivity index (χ2v) is 7.68. The predicted molar refractivity (Wildman–Crippen MR) is 123 cm³/mol. The van der Waals surface area contributed by atoms with E-state index in [9.17, 15) is 0 Å². The van der Waals surface area contributed by atoms with Crippen LogP contribution in [0.2, 0.25) is 0 Å². The van der Waals surface area contributed by atoms with Crippen molar-refractivity contribution in [2.75, 3.05) is 33.2 Å². The Morgan fingerprint density at radius 2 is 1.76 bits per heavy atom. The Morgan fingerprint density at radius 1 is 1.10 bits per heavy atom. The van der Waals surface area contributed by atoms with Gasteiger partial charge in [-0.15, -0.1) is 5.10 Å². The molecular weight excluding hydrogens is 358 g/mol. The van der Waals surface area contributed by atoms with E-state index in [-0.39, 0.29) is 0 Å². The molecule has 0 aromatic heterocycles. The maximum absolute atomic E-state index is 4.81. The molecule has 29 heavy (non-hydrogen) atoms. The topological polar surface area (TPSA) is 34.4 Å². The number of hydrazone groups is 1. The van der Waals surface area contributed by atoms with Gasteiger partial charge in [-0.25, -0.2) is 5.01 Å². The van der Waals surface area contributed by atoms with Crippen LogP contribution in [0.5, 0.6) is 0 Å². The number of hydrogen-bond acceptors (Lipinski definition) is 4. The van der Waals surface area contributed by atoms with E-state index in [1.54, 1.807) is 7.05 Å². The van der Waals surface area contributed by atoms with Crippen molar-refractivity contribution in [3.05, 3.63) is 71.6 Å². The Kier molecular flexibility index (Phi) is 6.57. The average Bonchev–Trinajstić information content (AvgIpc) is 2.73. The molecule has 5 heteroatoms. The lowest BCUT2D eigenvalue weighted by molar-refractivity contribution is 0.218. The average molecular weight is 392 g/mol. The third kappa shape index (κ3) is 4.61. The lowest BCUT2D eigenvalue weighted by Gasteiger charge is -2.39. The van der Waals surface area contributed by atoms with Gasteiger partial charge in [-0.2, -0.15) is 0 Å². The summed E-state index contributed by atoms with van der Waals surface area (Å²) in [6.07, 6.45) is 5.82. The number of aliphatic imine (C=N–C) groups is 1. The zero-order valence-corrected chi connectivity index (χ0v) is 18.3. The number of nitrogens with zero attached hydrogens (tertiary/aromatic N) is 5. The first kappa shape index (κ1) is 20.9.